The topological polar surface area (TPSA) is 95.0 Å². The summed E-state index contributed by atoms with van der Waals surface area (Å²) in [5.41, 5.74) is 3.99. The first kappa shape index (κ1) is 32.3. The standard InChI is InChI=1S/C40H39N3O5/c1-3-42(26-28-12-6-4-7-13-28)30-18-20-34-36(24-30)48-37-25-31(19-21-35(37)38(34)32-16-10-11-17-33(32)39(44)45)43(22-23-47-40(46)41-2)27-29-14-8-5-9-15-29/h3-12,14,16-21,24-25,28-29H,1,13,15,22-23,26-27H2,2H3,(H-,41,44,45,46)/p+1. The third-order valence-electron chi connectivity index (χ3n) is 8.86. The van der Waals surface area contributed by atoms with Gasteiger partial charge in [0.2, 0.25) is 5.36 Å². The van der Waals surface area contributed by atoms with E-state index >= 15 is 0 Å². The highest BCUT2D eigenvalue weighted by molar-refractivity contribution is 6.07. The summed E-state index contributed by atoms with van der Waals surface area (Å²) in [4.78, 5) is 26.4. The molecule has 2 aromatic carbocycles. The summed E-state index contributed by atoms with van der Waals surface area (Å²) < 4.78 is 14.3. The number of anilines is 1. The Hall–Kier alpha value is -5.63. The van der Waals surface area contributed by atoms with E-state index in [-0.39, 0.29) is 12.2 Å². The second-order valence-corrected chi connectivity index (χ2v) is 12.0. The number of allylic oxidation sites excluding steroid dienone is 6. The van der Waals surface area contributed by atoms with E-state index in [1.807, 2.05) is 54.7 Å². The second-order valence-electron chi connectivity index (χ2n) is 12.0. The van der Waals surface area contributed by atoms with Crippen molar-refractivity contribution in [1.29, 1.82) is 0 Å². The molecule has 0 saturated heterocycles. The molecule has 0 bridgehead atoms. The Morgan fingerprint density at radius 3 is 2.48 bits per heavy atom. The number of carbonyl (C=O) groups excluding carboxylic acids is 1. The van der Waals surface area contributed by atoms with Gasteiger partial charge in [0.05, 0.1) is 11.6 Å². The van der Waals surface area contributed by atoms with E-state index in [1.54, 1.807) is 19.2 Å². The first-order valence-corrected chi connectivity index (χ1v) is 16.3. The Morgan fingerprint density at radius 2 is 1.77 bits per heavy atom. The minimum Gasteiger partial charge on any atom is -0.478 e. The minimum atomic E-state index is -0.995. The van der Waals surface area contributed by atoms with Crippen molar-refractivity contribution in [2.75, 3.05) is 38.2 Å². The number of benzene rings is 3. The number of carbonyl (C=O) groups is 2. The Kier molecular flexibility index (Phi) is 10.0. The molecule has 8 heteroatoms. The lowest BCUT2D eigenvalue weighted by atomic mass is 9.90. The van der Waals surface area contributed by atoms with Crippen LogP contribution < -0.4 is 20.1 Å². The summed E-state index contributed by atoms with van der Waals surface area (Å²) in [6, 6.07) is 19.2. The molecule has 8 nitrogen and oxygen atoms in total. The SMILES string of the molecule is C=CN(CC1C=CC=CC1)c1ccc2c(-c3ccccc3C(=O)O)c3ccc(=[N+](CCOC(=O)NC)CC4C=CC=CC4)cc-3oc2c1. The molecule has 244 valence electrons. The van der Waals surface area contributed by atoms with Crippen LogP contribution in [0.1, 0.15) is 23.2 Å². The second kappa shape index (κ2) is 14.9. The van der Waals surface area contributed by atoms with E-state index in [4.69, 9.17) is 9.15 Å². The number of ether oxygens (including phenoxy) is 1. The van der Waals surface area contributed by atoms with Crippen LogP contribution in [0.4, 0.5) is 10.5 Å². The number of hydrogen-bond acceptors (Lipinski definition) is 5. The van der Waals surface area contributed by atoms with Crippen LogP contribution in [0, 0.1) is 11.8 Å². The molecular formula is C40H40N3O5+. The minimum absolute atomic E-state index is 0.211. The third kappa shape index (κ3) is 7.18. The first-order valence-electron chi connectivity index (χ1n) is 16.3. The zero-order valence-electron chi connectivity index (χ0n) is 27.0. The molecule has 48 heavy (non-hydrogen) atoms. The van der Waals surface area contributed by atoms with Crippen LogP contribution >= 0.6 is 0 Å². The molecule has 2 atom stereocenters. The summed E-state index contributed by atoms with van der Waals surface area (Å²) in [7, 11) is 1.54. The molecule has 2 unspecified atom stereocenters. The number of nitrogens with one attached hydrogen (secondary N) is 1. The fourth-order valence-corrected chi connectivity index (χ4v) is 6.42. The normalized spacial score (nSPS) is 17.4. The molecule has 0 fully saturated rings. The van der Waals surface area contributed by atoms with Gasteiger partial charge in [0, 0.05) is 53.8 Å². The summed E-state index contributed by atoms with van der Waals surface area (Å²) >= 11 is 0. The number of alkyl carbamates (subject to hydrolysis) is 1. The lowest BCUT2D eigenvalue weighted by molar-refractivity contribution is 0.0697. The number of fused-ring (bicyclic) bond motifs is 2. The van der Waals surface area contributed by atoms with Crippen molar-refractivity contribution in [2.24, 2.45) is 11.8 Å². The molecule has 3 aliphatic carbocycles. The van der Waals surface area contributed by atoms with Crippen LogP contribution in [-0.4, -0.2) is 50.5 Å². The van der Waals surface area contributed by atoms with Gasteiger partial charge in [0.15, 0.2) is 13.2 Å². The quantitative estimate of drug-likeness (QED) is 0.132. The van der Waals surface area contributed by atoms with Gasteiger partial charge in [-0.15, -0.1) is 0 Å². The lowest BCUT2D eigenvalue weighted by Gasteiger charge is -2.25. The van der Waals surface area contributed by atoms with Crippen LogP contribution in [0.15, 0.2) is 126 Å². The fraction of sp³-hybridized carbons (Fsp3) is 0.225. The Bertz CT molecular complexity index is 2000. The number of hydrogen-bond donors (Lipinski definition) is 2. The predicted octanol–water partition coefficient (Wildman–Crippen LogP) is 7.25. The van der Waals surface area contributed by atoms with Gasteiger partial charge < -0.3 is 24.5 Å². The third-order valence-corrected chi connectivity index (χ3v) is 8.86. The van der Waals surface area contributed by atoms with Crippen molar-refractivity contribution in [3.05, 3.63) is 133 Å². The molecule has 2 aromatic rings. The summed E-state index contributed by atoms with van der Waals surface area (Å²) in [5.74, 6) is 0.268. The van der Waals surface area contributed by atoms with Gasteiger partial charge in [-0.25, -0.2) is 14.2 Å². The number of amides is 1. The van der Waals surface area contributed by atoms with Crippen molar-refractivity contribution in [1.82, 2.24) is 9.89 Å². The van der Waals surface area contributed by atoms with Crippen molar-refractivity contribution < 1.29 is 23.8 Å². The van der Waals surface area contributed by atoms with Crippen molar-refractivity contribution in [3.8, 4) is 22.5 Å². The molecule has 4 aliphatic rings. The van der Waals surface area contributed by atoms with Crippen LogP contribution in [0.2, 0.25) is 0 Å². The molecule has 2 N–H and O–H groups in total. The summed E-state index contributed by atoms with van der Waals surface area (Å²) in [6.07, 6.45) is 20.2. The highest BCUT2D eigenvalue weighted by Crippen LogP contribution is 2.42. The van der Waals surface area contributed by atoms with Gasteiger partial charge >= 0.3 is 12.1 Å². The van der Waals surface area contributed by atoms with Crippen LogP contribution in [-0.2, 0) is 4.74 Å². The van der Waals surface area contributed by atoms with Gasteiger partial charge in [-0.05, 0) is 54.8 Å². The smallest absolute Gasteiger partial charge is 0.407 e. The van der Waals surface area contributed by atoms with E-state index in [0.717, 1.165) is 53.5 Å². The Labute approximate surface area is 280 Å². The van der Waals surface area contributed by atoms with Crippen molar-refractivity contribution in [3.63, 3.8) is 0 Å². The van der Waals surface area contributed by atoms with E-state index in [0.29, 0.717) is 35.3 Å². The number of aromatic carboxylic acids is 1. The summed E-state index contributed by atoms with van der Waals surface area (Å²) in [6.45, 7) is 6.26. The monoisotopic (exact) mass is 642 g/mol. The molecule has 6 rings (SSSR count). The van der Waals surface area contributed by atoms with E-state index < -0.39 is 12.1 Å². The van der Waals surface area contributed by atoms with Gasteiger partial charge in [0.1, 0.15) is 17.9 Å². The first-order chi connectivity index (χ1) is 23.4. The highest BCUT2D eigenvalue weighted by Gasteiger charge is 2.24. The Balaban J connectivity index is 1.52. The maximum absolute atomic E-state index is 12.4. The van der Waals surface area contributed by atoms with Crippen molar-refractivity contribution >= 4 is 28.7 Å². The van der Waals surface area contributed by atoms with Gasteiger partial charge in [-0.3, -0.25) is 0 Å². The molecule has 1 aliphatic heterocycles. The molecule has 1 amide bonds. The molecular weight excluding hydrogens is 602 g/mol. The molecule has 0 spiro atoms. The van der Waals surface area contributed by atoms with Crippen LogP contribution in [0.5, 0.6) is 0 Å². The van der Waals surface area contributed by atoms with E-state index in [2.05, 4.69) is 70.0 Å². The number of carboxylic acids is 1. The summed E-state index contributed by atoms with van der Waals surface area (Å²) in [5, 5.41) is 14.4. The lowest BCUT2D eigenvalue weighted by Crippen LogP contribution is -2.37. The van der Waals surface area contributed by atoms with Gasteiger partial charge in [-0.1, -0.05) is 73.4 Å². The molecule has 1 heterocycles. The highest BCUT2D eigenvalue weighted by atomic mass is 16.5. The van der Waals surface area contributed by atoms with Gasteiger partial charge in [-0.2, -0.15) is 0 Å². The molecule has 0 saturated carbocycles. The molecule has 0 aromatic heterocycles. The van der Waals surface area contributed by atoms with Gasteiger partial charge in [0.25, 0.3) is 0 Å². The Morgan fingerprint density at radius 1 is 1.00 bits per heavy atom. The number of rotatable bonds is 11. The average Bonchev–Trinajstić information content (AvgIpc) is 3.12. The van der Waals surface area contributed by atoms with Crippen LogP contribution in [0.25, 0.3) is 33.4 Å². The molecule has 0 radical (unpaired) electrons. The zero-order valence-corrected chi connectivity index (χ0v) is 27.0. The number of nitrogens with zero attached hydrogens (tertiary/aromatic N) is 2. The average molecular weight is 643 g/mol. The predicted molar refractivity (Wildman–Crippen MR) is 191 cm³/mol. The maximum Gasteiger partial charge on any atom is 0.407 e. The zero-order chi connectivity index (χ0) is 33.5. The van der Waals surface area contributed by atoms with E-state index in [9.17, 15) is 14.7 Å². The van der Waals surface area contributed by atoms with E-state index in [1.165, 1.54) is 0 Å². The van der Waals surface area contributed by atoms with Crippen LogP contribution in [0.3, 0.4) is 0 Å². The maximum atomic E-state index is 12.4. The largest absolute Gasteiger partial charge is 0.478 e. The number of carboxylic acid groups (broad SMARTS) is 1. The van der Waals surface area contributed by atoms with Crippen molar-refractivity contribution in [2.45, 2.75) is 12.8 Å². The fourth-order valence-electron chi connectivity index (χ4n) is 6.42.